The van der Waals surface area contributed by atoms with Crippen molar-refractivity contribution in [1.82, 2.24) is 4.31 Å². The Bertz CT molecular complexity index is 483. The van der Waals surface area contributed by atoms with Crippen LogP contribution in [0.25, 0.3) is 0 Å². The molecule has 0 saturated heterocycles. The van der Waals surface area contributed by atoms with E-state index >= 15 is 0 Å². The summed E-state index contributed by atoms with van der Waals surface area (Å²) in [6.07, 6.45) is 0. The molecule has 0 aliphatic heterocycles. The van der Waals surface area contributed by atoms with Crippen molar-refractivity contribution in [2.45, 2.75) is 4.90 Å². The first-order chi connectivity index (χ1) is 7.34. The predicted molar refractivity (Wildman–Crippen MR) is 66.6 cm³/mol. The SMILES string of the molecule is CN(CC(=O)O)S(=O)(=O)c1ccc(I)cc1. The summed E-state index contributed by atoms with van der Waals surface area (Å²) in [6.45, 7) is -0.547. The van der Waals surface area contributed by atoms with Crippen LogP contribution < -0.4 is 0 Å². The second kappa shape index (κ2) is 5.11. The molecule has 0 saturated carbocycles. The van der Waals surface area contributed by atoms with Crippen LogP contribution in [0.3, 0.4) is 0 Å². The van der Waals surface area contributed by atoms with E-state index in [-0.39, 0.29) is 4.90 Å². The smallest absolute Gasteiger partial charge is 0.318 e. The molecule has 1 aromatic carbocycles. The first-order valence-corrected chi connectivity index (χ1v) is 6.79. The first-order valence-electron chi connectivity index (χ1n) is 4.28. The number of aliphatic carboxylic acids is 1. The molecule has 0 amide bonds. The van der Waals surface area contributed by atoms with Gasteiger partial charge in [-0.05, 0) is 46.9 Å². The second-order valence-corrected chi connectivity index (χ2v) is 6.40. The molecule has 88 valence electrons. The predicted octanol–water partition coefficient (Wildman–Crippen LogP) is 0.996. The van der Waals surface area contributed by atoms with E-state index in [1.54, 1.807) is 12.1 Å². The number of carbonyl (C=O) groups is 1. The largest absolute Gasteiger partial charge is 0.480 e. The highest BCUT2D eigenvalue weighted by atomic mass is 127. The van der Waals surface area contributed by atoms with E-state index in [1.165, 1.54) is 19.2 Å². The number of benzene rings is 1. The Kier molecular flexibility index (Phi) is 4.28. The number of carboxylic acids is 1. The Morgan fingerprint density at radius 1 is 1.38 bits per heavy atom. The summed E-state index contributed by atoms with van der Waals surface area (Å²) in [5, 5.41) is 8.53. The molecule has 1 N–H and O–H groups in total. The number of rotatable bonds is 4. The van der Waals surface area contributed by atoms with E-state index in [0.717, 1.165) is 7.88 Å². The van der Waals surface area contributed by atoms with Crippen LogP contribution in [-0.2, 0) is 14.8 Å². The number of hydrogen-bond donors (Lipinski definition) is 1. The van der Waals surface area contributed by atoms with Gasteiger partial charge < -0.3 is 5.11 Å². The maximum atomic E-state index is 11.8. The van der Waals surface area contributed by atoms with E-state index in [1.807, 2.05) is 0 Å². The van der Waals surface area contributed by atoms with Crippen LogP contribution in [0, 0.1) is 3.57 Å². The maximum Gasteiger partial charge on any atom is 0.318 e. The molecule has 7 heteroatoms. The number of carboxylic acid groups (broad SMARTS) is 1. The fourth-order valence-corrected chi connectivity index (χ4v) is 2.54. The third-order valence-corrected chi connectivity index (χ3v) is 4.42. The van der Waals surface area contributed by atoms with Gasteiger partial charge in [0.25, 0.3) is 0 Å². The first kappa shape index (κ1) is 13.4. The third kappa shape index (κ3) is 3.16. The van der Waals surface area contributed by atoms with Gasteiger partial charge in [0.05, 0.1) is 4.90 Å². The standard InChI is InChI=1S/C9H10INO4S/c1-11(6-9(12)13)16(14,15)8-4-2-7(10)3-5-8/h2-5H,6H2,1H3,(H,12,13). The zero-order valence-corrected chi connectivity index (χ0v) is 11.4. The van der Waals surface area contributed by atoms with Crippen LogP contribution in [0.15, 0.2) is 29.2 Å². The van der Waals surface area contributed by atoms with Crippen LogP contribution in [0.2, 0.25) is 0 Å². The Morgan fingerprint density at radius 2 is 1.88 bits per heavy atom. The fourth-order valence-electron chi connectivity index (χ4n) is 1.06. The number of halogens is 1. The molecule has 0 fully saturated rings. The summed E-state index contributed by atoms with van der Waals surface area (Å²) in [5.74, 6) is -1.18. The molecule has 1 rings (SSSR count). The number of hydrogen-bond acceptors (Lipinski definition) is 3. The van der Waals surface area contributed by atoms with Gasteiger partial charge in [-0.25, -0.2) is 8.42 Å². The van der Waals surface area contributed by atoms with E-state index < -0.39 is 22.5 Å². The van der Waals surface area contributed by atoms with Crippen LogP contribution in [0.5, 0.6) is 0 Å². The minimum absolute atomic E-state index is 0.0941. The maximum absolute atomic E-state index is 11.8. The van der Waals surface area contributed by atoms with Gasteiger partial charge in [0.1, 0.15) is 6.54 Å². The zero-order valence-electron chi connectivity index (χ0n) is 8.42. The molecule has 0 radical (unpaired) electrons. The Hall–Kier alpha value is -0.670. The molecular formula is C9H10INO4S. The summed E-state index contributed by atoms with van der Waals surface area (Å²) in [5.41, 5.74) is 0. The summed E-state index contributed by atoms with van der Waals surface area (Å²) < 4.78 is 25.4. The van der Waals surface area contributed by atoms with Crippen molar-refractivity contribution >= 4 is 38.6 Å². The number of nitrogens with zero attached hydrogens (tertiary/aromatic N) is 1. The molecule has 0 atom stereocenters. The summed E-state index contributed by atoms with van der Waals surface area (Å²) in [4.78, 5) is 10.5. The lowest BCUT2D eigenvalue weighted by Gasteiger charge is -2.14. The second-order valence-electron chi connectivity index (χ2n) is 3.11. The normalized spacial score (nSPS) is 11.7. The lowest BCUT2D eigenvalue weighted by Crippen LogP contribution is -2.31. The van der Waals surface area contributed by atoms with Crippen molar-refractivity contribution in [2.75, 3.05) is 13.6 Å². The summed E-state index contributed by atoms with van der Waals surface area (Å²) in [7, 11) is -2.46. The van der Waals surface area contributed by atoms with Crippen molar-refractivity contribution in [2.24, 2.45) is 0 Å². The molecule has 0 heterocycles. The average molecular weight is 355 g/mol. The number of sulfonamides is 1. The highest BCUT2D eigenvalue weighted by molar-refractivity contribution is 14.1. The van der Waals surface area contributed by atoms with Crippen molar-refractivity contribution in [3.05, 3.63) is 27.8 Å². The highest BCUT2D eigenvalue weighted by Crippen LogP contribution is 2.15. The molecule has 5 nitrogen and oxygen atoms in total. The molecule has 0 unspecified atom stereocenters. The van der Waals surface area contributed by atoms with E-state index in [2.05, 4.69) is 22.6 Å². The van der Waals surface area contributed by atoms with Gasteiger partial charge >= 0.3 is 5.97 Å². The average Bonchev–Trinajstić information content (AvgIpc) is 2.17. The topological polar surface area (TPSA) is 74.7 Å². The minimum atomic E-state index is -3.70. The molecule has 0 aromatic heterocycles. The van der Waals surface area contributed by atoms with Gasteiger partial charge in [0, 0.05) is 10.6 Å². The van der Waals surface area contributed by atoms with Crippen molar-refractivity contribution in [1.29, 1.82) is 0 Å². The van der Waals surface area contributed by atoms with E-state index in [4.69, 9.17) is 5.11 Å². The Balaban J connectivity index is 3.02. The van der Waals surface area contributed by atoms with Crippen LogP contribution in [0.1, 0.15) is 0 Å². The van der Waals surface area contributed by atoms with Crippen molar-refractivity contribution in [3.63, 3.8) is 0 Å². The quantitative estimate of drug-likeness (QED) is 0.818. The summed E-state index contributed by atoms with van der Waals surface area (Å²) >= 11 is 2.06. The molecule has 0 aliphatic rings. The van der Waals surface area contributed by atoms with Gasteiger partial charge in [-0.3, -0.25) is 4.79 Å². The molecule has 0 aliphatic carbocycles. The zero-order chi connectivity index (χ0) is 12.3. The van der Waals surface area contributed by atoms with Gasteiger partial charge in [0.15, 0.2) is 0 Å². The van der Waals surface area contributed by atoms with Crippen LogP contribution in [0.4, 0.5) is 0 Å². The Labute approximate surface area is 107 Å². The lowest BCUT2D eigenvalue weighted by molar-refractivity contribution is -0.137. The van der Waals surface area contributed by atoms with Gasteiger partial charge in [-0.2, -0.15) is 4.31 Å². The van der Waals surface area contributed by atoms with Crippen LogP contribution in [-0.4, -0.2) is 37.4 Å². The Morgan fingerprint density at radius 3 is 2.31 bits per heavy atom. The summed E-state index contributed by atoms with van der Waals surface area (Å²) in [6, 6.07) is 6.22. The van der Waals surface area contributed by atoms with E-state index in [0.29, 0.717) is 0 Å². The van der Waals surface area contributed by atoms with Gasteiger partial charge in [-0.1, -0.05) is 0 Å². The molecule has 1 aromatic rings. The van der Waals surface area contributed by atoms with Gasteiger partial charge in [-0.15, -0.1) is 0 Å². The molecule has 0 bridgehead atoms. The molecule has 0 spiro atoms. The fraction of sp³-hybridized carbons (Fsp3) is 0.222. The van der Waals surface area contributed by atoms with Crippen LogP contribution >= 0.6 is 22.6 Å². The number of likely N-dealkylation sites (N-methyl/N-ethyl adjacent to an activating group) is 1. The highest BCUT2D eigenvalue weighted by Gasteiger charge is 2.22. The van der Waals surface area contributed by atoms with Crippen molar-refractivity contribution in [3.8, 4) is 0 Å². The van der Waals surface area contributed by atoms with Crippen molar-refractivity contribution < 1.29 is 18.3 Å². The van der Waals surface area contributed by atoms with Gasteiger partial charge in [0.2, 0.25) is 10.0 Å². The molecular weight excluding hydrogens is 345 g/mol. The molecule has 16 heavy (non-hydrogen) atoms. The monoisotopic (exact) mass is 355 g/mol. The third-order valence-electron chi connectivity index (χ3n) is 1.88. The minimum Gasteiger partial charge on any atom is -0.480 e. The lowest BCUT2D eigenvalue weighted by atomic mass is 10.4. The van der Waals surface area contributed by atoms with E-state index in [9.17, 15) is 13.2 Å².